The Balaban J connectivity index is 2.79. The van der Waals surface area contributed by atoms with E-state index >= 15 is 0 Å². The molecule has 1 rings (SSSR count). The van der Waals surface area contributed by atoms with Crippen molar-refractivity contribution in [3.63, 3.8) is 0 Å². The van der Waals surface area contributed by atoms with E-state index in [-0.39, 0.29) is 30.2 Å². The zero-order chi connectivity index (χ0) is 13.0. The number of hydrogen-bond acceptors (Lipinski definition) is 3. The molecule has 0 fully saturated rings. The average Bonchev–Trinajstić information content (AvgIpc) is 2.28. The van der Waals surface area contributed by atoms with Gasteiger partial charge in [-0.1, -0.05) is 13.8 Å². The molecule has 0 aromatic heterocycles. The number of carbonyl (C=O) groups is 1. The summed E-state index contributed by atoms with van der Waals surface area (Å²) in [6.45, 7) is 3.73. The number of carbonyl (C=O) groups excluding carboxylic acids is 1. The summed E-state index contributed by atoms with van der Waals surface area (Å²) in [7, 11) is 0. The van der Waals surface area contributed by atoms with Gasteiger partial charge in [-0.2, -0.15) is 0 Å². The monoisotopic (exact) mass is 301 g/mol. The van der Waals surface area contributed by atoms with Crippen molar-refractivity contribution in [2.75, 3.05) is 6.61 Å². The van der Waals surface area contributed by atoms with Gasteiger partial charge >= 0.3 is 0 Å². The summed E-state index contributed by atoms with van der Waals surface area (Å²) in [6.07, 6.45) is 0. The van der Waals surface area contributed by atoms with Gasteiger partial charge in [0.1, 0.15) is 5.75 Å². The molecular weight excluding hydrogens is 286 g/mol. The van der Waals surface area contributed by atoms with Crippen molar-refractivity contribution in [2.24, 2.45) is 5.92 Å². The molecule has 0 bridgehead atoms. The molecule has 17 heavy (non-hydrogen) atoms. The third-order valence-corrected chi connectivity index (χ3v) is 3.20. The van der Waals surface area contributed by atoms with Crippen LogP contribution < -0.4 is 5.32 Å². The highest BCUT2D eigenvalue weighted by Crippen LogP contribution is 2.24. The molecule has 3 N–H and O–H groups in total. The maximum atomic E-state index is 11.8. The van der Waals surface area contributed by atoms with Crippen LogP contribution in [-0.4, -0.2) is 28.8 Å². The number of aromatic hydroxyl groups is 1. The minimum absolute atomic E-state index is 0.0164. The van der Waals surface area contributed by atoms with Crippen LogP contribution in [0.2, 0.25) is 0 Å². The smallest absolute Gasteiger partial charge is 0.251 e. The third kappa shape index (κ3) is 3.71. The van der Waals surface area contributed by atoms with Crippen molar-refractivity contribution >= 4 is 21.8 Å². The highest BCUT2D eigenvalue weighted by Gasteiger charge is 2.16. The van der Waals surface area contributed by atoms with E-state index in [0.29, 0.717) is 10.0 Å². The van der Waals surface area contributed by atoms with Crippen LogP contribution in [0.1, 0.15) is 24.2 Å². The number of rotatable bonds is 4. The van der Waals surface area contributed by atoms with E-state index in [9.17, 15) is 9.90 Å². The lowest BCUT2D eigenvalue weighted by molar-refractivity contribution is 0.0896. The normalized spacial score (nSPS) is 12.5. The lowest BCUT2D eigenvalue weighted by Gasteiger charge is -2.19. The maximum absolute atomic E-state index is 11.8. The van der Waals surface area contributed by atoms with E-state index in [2.05, 4.69) is 21.2 Å². The van der Waals surface area contributed by atoms with E-state index in [0.717, 1.165) is 0 Å². The van der Waals surface area contributed by atoms with Crippen LogP contribution >= 0.6 is 15.9 Å². The van der Waals surface area contributed by atoms with Gasteiger partial charge < -0.3 is 15.5 Å². The fourth-order valence-corrected chi connectivity index (χ4v) is 1.58. The summed E-state index contributed by atoms with van der Waals surface area (Å²) in [6, 6.07) is 4.31. The van der Waals surface area contributed by atoms with Gasteiger partial charge in [0.05, 0.1) is 17.1 Å². The molecule has 0 radical (unpaired) electrons. The second kappa shape index (κ2) is 6.02. The first-order chi connectivity index (χ1) is 7.95. The minimum Gasteiger partial charge on any atom is -0.507 e. The second-order valence-corrected chi connectivity index (χ2v) is 5.03. The fraction of sp³-hybridized carbons (Fsp3) is 0.417. The van der Waals surface area contributed by atoms with Crippen molar-refractivity contribution in [3.8, 4) is 5.75 Å². The average molecular weight is 302 g/mol. The van der Waals surface area contributed by atoms with Crippen LogP contribution in [0.5, 0.6) is 5.75 Å². The molecule has 0 aliphatic rings. The molecular formula is C12H16BrNO3. The quantitative estimate of drug-likeness (QED) is 0.795. The molecule has 0 aliphatic carbocycles. The predicted molar refractivity (Wildman–Crippen MR) is 69.0 cm³/mol. The minimum atomic E-state index is -0.305. The molecule has 0 heterocycles. The molecule has 94 valence electrons. The molecule has 0 saturated heterocycles. The van der Waals surface area contributed by atoms with Gasteiger partial charge in [0, 0.05) is 5.56 Å². The molecule has 1 aromatic carbocycles. The van der Waals surface area contributed by atoms with E-state index in [1.165, 1.54) is 6.07 Å². The highest BCUT2D eigenvalue weighted by molar-refractivity contribution is 9.10. The molecule has 1 aromatic rings. The number of benzene rings is 1. The lowest BCUT2D eigenvalue weighted by atomic mass is 10.0. The number of hydrogen-bond donors (Lipinski definition) is 3. The Bertz CT molecular complexity index is 407. The van der Waals surface area contributed by atoms with Crippen molar-refractivity contribution in [1.29, 1.82) is 0 Å². The summed E-state index contributed by atoms with van der Waals surface area (Å²) in [5.41, 5.74) is 0.366. The number of aliphatic hydroxyl groups is 1. The highest BCUT2D eigenvalue weighted by atomic mass is 79.9. The number of phenolic OH excluding ortho intramolecular Hbond substituents is 1. The van der Waals surface area contributed by atoms with Gasteiger partial charge in [-0.3, -0.25) is 4.79 Å². The molecule has 1 unspecified atom stereocenters. The molecule has 0 spiro atoms. The van der Waals surface area contributed by atoms with E-state index in [4.69, 9.17) is 5.11 Å². The van der Waals surface area contributed by atoms with Crippen molar-refractivity contribution in [3.05, 3.63) is 28.2 Å². The Kier molecular flexibility index (Phi) is 4.96. The molecule has 0 saturated carbocycles. The summed E-state index contributed by atoms with van der Waals surface area (Å²) in [5.74, 6) is -0.142. The SMILES string of the molecule is CC(C)C(CO)NC(=O)c1ccc(Br)c(O)c1. The zero-order valence-corrected chi connectivity index (χ0v) is 11.4. The Morgan fingerprint density at radius 3 is 2.59 bits per heavy atom. The first-order valence-electron chi connectivity index (χ1n) is 5.36. The third-order valence-electron chi connectivity index (χ3n) is 2.53. The summed E-state index contributed by atoms with van der Waals surface area (Å²) < 4.78 is 0.539. The van der Waals surface area contributed by atoms with Gasteiger partial charge in [0.25, 0.3) is 5.91 Å². The van der Waals surface area contributed by atoms with Crippen LogP contribution in [0.3, 0.4) is 0 Å². The van der Waals surface area contributed by atoms with Gasteiger partial charge in [-0.05, 0) is 40.0 Å². The number of amides is 1. The van der Waals surface area contributed by atoms with Crippen molar-refractivity contribution in [2.45, 2.75) is 19.9 Å². The van der Waals surface area contributed by atoms with E-state index < -0.39 is 0 Å². The zero-order valence-electron chi connectivity index (χ0n) is 9.77. The van der Waals surface area contributed by atoms with Gasteiger partial charge in [-0.25, -0.2) is 0 Å². The first-order valence-corrected chi connectivity index (χ1v) is 6.15. The molecule has 1 atom stereocenters. The van der Waals surface area contributed by atoms with Crippen LogP contribution in [0.4, 0.5) is 0 Å². The summed E-state index contributed by atoms with van der Waals surface area (Å²) in [4.78, 5) is 11.8. The Morgan fingerprint density at radius 2 is 2.12 bits per heavy atom. The van der Waals surface area contributed by atoms with Gasteiger partial charge in [-0.15, -0.1) is 0 Å². The summed E-state index contributed by atoms with van der Waals surface area (Å²) >= 11 is 3.14. The Hall–Kier alpha value is -1.07. The largest absolute Gasteiger partial charge is 0.507 e. The van der Waals surface area contributed by atoms with Crippen LogP contribution in [-0.2, 0) is 0 Å². The maximum Gasteiger partial charge on any atom is 0.251 e. The predicted octanol–water partition coefficient (Wildman–Crippen LogP) is 1.90. The molecule has 4 nitrogen and oxygen atoms in total. The van der Waals surface area contributed by atoms with Gasteiger partial charge in [0.15, 0.2) is 0 Å². The Labute approximate surface area is 109 Å². The van der Waals surface area contributed by atoms with E-state index in [1.54, 1.807) is 12.1 Å². The summed E-state index contributed by atoms with van der Waals surface area (Å²) in [5, 5.41) is 21.3. The number of halogens is 1. The molecule has 0 aliphatic heterocycles. The standard InChI is InChI=1S/C12H16BrNO3/c1-7(2)10(6-15)14-12(17)8-3-4-9(13)11(16)5-8/h3-5,7,10,15-16H,6H2,1-2H3,(H,14,17). The molecule has 5 heteroatoms. The number of nitrogens with one attached hydrogen (secondary N) is 1. The number of aliphatic hydroxyl groups excluding tert-OH is 1. The molecule has 1 amide bonds. The number of phenols is 1. The second-order valence-electron chi connectivity index (χ2n) is 4.17. The van der Waals surface area contributed by atoms with Crippen LogP contribution in [0.25, 0.3) is 0 Å². The lowest BCUT2D eigenvalue weighted by Crippen LogP contribution is -2.41. The topological polar surface area (TPSA) is 69.6 Å². The van der Waals surface area contributed by atoms with Gasteiger partial charge in [0.2, 0.25) is 0 Å². The first kappa shape index (κ1) is 14.0. The van der Waals surface area contributed by atoms with Crippen LogP contribution in [0.15, 0.2) is 22.7 Å². The van der Waals surface area contributed by atoms with Crippen molar-refractivity contribution in [1.82, 2.24) is 5.32 Å². The Morgan fingerprint density at radius 1 is 1.47 bits per heavy atom. The van der Waals surface area contributed by atoms with E-state index in [1.807, 2.05) is 13.8 Å². The fourth-order valence-electron chi connectivity index (χ4n) is 1.33. The van der Waals surface area contributed by atoms with Crippen molar-refractivity contribution < 1.29 is 15.0 Å². The van der Waals surface area contributed by atoms with Crippen LogP contribution in [0, 0.1) is 5.92 Å².